The summed E-state index contributed by atoms with van der Waals surface area (Å²) >= 11 is 5.67. The Morgan fingerprint density at radius 2 is 1.84 bits per heavy atom. The molecule has 0 atom stereocenters. The van der Waals surface area contributed by atoms with Crippen LogP contribution < -0.4 is 10.2 Å². The molecule has 6 heteroatoms. The fourth-order valence-electron chi connectivity index (χ4n) is 1.64. The molecule has 0 aliphatic heterocycles. The molecule has 0 radical (unpaired) electrons. The second-order valence-corrected chi connectivity index (χ2v) is 4.32. The van der Waals surface area contributed by atoms with Crippen LogP contribution in [0.2, 0.25) is 5.02 Å². The maximum atomic E-state index is 13.7. The van der Waals surface area contributed by atoms with Crippen LogP contribution in [0.25, 0.3) is 0 Å². The highest BCUT2D eigenvalue weighted by Crippen LogP contribution is 2.19. The molecule has 2 aromatic carbocycles. The molecule has 2 N–H and O–H groups in total. The summed E-state index contributed by atoms with van der Waals surface area (Å²) < 4.78 is 19.1. The zero-order valence-electron chi connectivity index (χ0n) is 9.88. The molecule has 0 unspecified atom stereocenters. The van der Waals surface area contributed by atoms with Gasteiger partial charge in [-0.1, -0.05) is 41.9 Å². The monoisotopic (exact) mass is 280 g/mol. The first-order valence-electron chi connectivity index (χ1n) is 5.60. The lowest BCUT2D eigenvalue weighted by molar-refractivity contribution is 0.300. The molecule has 0 aliphatic carbocycles. The van der Waals surface area contributed by atoms with Gasteiger partial charge in [0.05, 0.1) is 5.02 Å². The minimum atomic E-state index is -1.64. The Morgan fingerprint density at radius 1 is 1.11 bits per heavy atom. The third-order valence-electron chi connectivity index (χ3n) is 2.61. The normalized spacial score (nSPS) is 10.3. The Kier molecular flexibility index (Phi) is 4.42. The lowest BCUT2D eigenvalue weighted by Gasteiger charge is -2.11. The smallest absolute Gasteiger partial charge is 0.489 e. The van der Waals surface area contributed by atoms with E-state index in [2.05, 4.69) is 0 Å². The van der Waals surface area contributed by atoms with Crippen molar-refractivity contribution in [2.24, 2.45) is 0 Å². The Balaban J connectivity index is 2.17. The number of ether oxygens (including phenoxy) is 1. The van der Waals surface area contributed by atoms with Crippen LogP contribution in [0.5, 0.6) is 5.75 Å². The van der Waals surface area contributed by atoms with Crippen molar-refractivity contribution in [3.8, 4) is 5.75 Å². The molecule has 0 amide bonds. The van der Waals surface area contributed by atoms with E-state index in [-0.39, 0.29) is 22.8 Å². The molecule has 2 rings (SSSR count). The summed E-state index contributed by atoms with van der Waals surface area (Å²) in [6.07, 6.45) is 0. The number of rotatable bonds is 4. The maximum absolute atomic E-state index is 13.7. The highest BCUT2D eigenvalue weighted by Gasteiger charge is 2.16. The van der Waals surface area contributed by atoms with Gasteiger partial charge in [0.15, 0.2) is 0 Å². The van der Waals surface area contributed by atoms with Crippen molar-refractivity contribution in [1.82, 2.24) is 0 Å². The zero-order chi connectivity index (χ0) is 13.8. The molecular weight excluding hydrogens is 269 g/mol. The number of halogens is 2. The van der Waals surface area contributed by atoms with Crippen LogP contribution in [0.1, 0.15) is 5.56 Å². The number of para-hydroxylation sites is 1. The van der Waals surface area contributed by atoms with Gasteiger partial charge in [0.2, 0.25) is 0 Å². The van der Waals surface area contributed by atoms with Crippen molar-refractivity contribution in [1.29, 1.82) is 0 Å². The summed E-state index contributed by atoms with van der Waals surface area (Å²) in [4.78, 5) is 0. The van der Waals surface area contributed by atoms with Gasteiger partial charge in [-0.05, 0) is 12.1 Å². The predicted molar refractivity (Wildman–Crippen MR) is 72.0 cm³/mol. The van der Waals surface area contributed by atoms with E-state index in [0.717, 1.165) is 0 Å². The largest absolute Gasteiger partial charge is 0.492 e. The summed E-state index contributed by atoms with van der Waals surface area (Å²) in [5.74, 6) is -0.247. The number of hydrogen-bond donors (Lipinski definition) is 2. The molecule has 0 saturated heterocycles. The van der Waals surface area contributed by atoms with Crippen molar-refractivity contribution in [3.63, 3.8) is 0 Å². The first kappa shape index (κ1) is 13.9. The fourth-order valence-corrected chi connectivity index (χ4v) is 1.83. The van der Waals surface area contributed by atoms with Crippen LogP contribution in [-0.2, 0) is 6.61 Å². The van der Waals surface area contributed by atoms with E-state index < -0.39 is 12.9 Å². The third kappa shape index (κ3) is 3.26. The molecule has 3 nitrogen and oxygen atoms in total. The van der Waals surface area contributed by atoms with E-state index in [9.17, 15) is 14.4 Å². The van der Waals surface area contributed by atoms with Crippen LogP contribution in [0.4, 0.5) is 4.39 Å². The van der Waals surface area contributed by atoms with E-state index in [1.807, 2.05) is 0 Å². The Bertz CT molecular complexity index is 578. The van der Waals surface area contributed by atoms with Gasteiger partial charge in [0.1, 0.15) is 18.2 Å². The second-order valence-electron chi connectivity index (χ2n) is 3.91. The zero-order valence-corrected chi connectivity index (χ0v) is 10.6. The summed E-state index contributed by atoms with van der Waals surface area (Å²) in [6.45, 7) is -0.0455. The van der Waals surface area contributed by atoms with Crippen molar-refractivity contribution in [2.45, 2.75) is 6.61 Å². The number of hydrogen-bond acceptors (Lipinski definition) is 3. The van der Waals surface area contributed by atoms with Gasteiger partial charge in [-0.15, -0.1) is 0 Å². The lowest BCUT2D eigenvalue weighted by atomic mass is 9.79. The van der Waals surface area contributed by atoms with Gasteiger partial charge in [-0.2, -0.15) is 0 Å². The van der Waals surface area contributed by atoms with Crippen molar-refractivity contribution in [3.05, 3.63) is 58.9 Å². The van der Waals surface area contributed by atoms with E-state index in [0.29, 0.717) is 5.56 Å². The van der Waals surface area contributed by atoms with E-state index >= 15 is 0 Å². The average Bonchev–Trinajstić information content (AvgIpc) is 2.40. The van der Waals surface area contributed by atoms with E-state index in [4.69, 9.17) is 16.3 Å². The molecular formula is C13H11BClFO3. The van der Waals surface area contributed by atoms with E-state index in [1.165, 1.54) is 12.1 Å². The molecule has 98 valence electrons. The van der Waals surface area contributed by atoms with Crippen LogP contribution in [-0.4, -0.2) is 17.2 Å². The predicted octanol–water partition coefficient (Wildman–Crippen LogP) is 1.74. The van der Waals surface area contributed by atoms with Gasteiger partial charge in [-0.25, -0.2) is 4.39 Å². The summed E-state index contributed by atoms with van der Waals surface area (Å²) in [6, 6.07) is 11.1. The maximum Gasteiger partial charge on any atom is 0.492 e. The fraction of sp³-hybridized carbons (Fsp3) is 0.0769. The molecule has 0 saturated carbocycles. The Morgan fingerprint density at radius 3 is 2.58 bits per heavy atom. The van der Waals surface area contributed by atoms with Gasteiger partial charge < -0.3 is 14.8 Å². The quantitative estimate of drug-likeness (QED) is 0.839. The number of benzene rings is 2. The first-order chi connectivity index (χ1) is 9.09. The van der Waals surface area contributed by atoms with Crippen LogP contribution in [0.15, 0.2) is 42.5 Å². The summed E-state index contributed by atoms with van der Waals surface area (Å²) in [5.41, 5.74) is 0.527. The van der Waals surface area contributed by atoms with E-state index in [1.54, 1.807) is 30.3 Å². The highest BCUT2D eigenvalue weighted by molar-refractivity contribution is 6.59. The van der Waals surface area contributed by atoms with Crippen LogP contribution in [0.3, 0.4) is 0 Å². The van der Waals surface area contributed by atoms with Crippen molar-refractivity contribution in [2.75, 3.05) is 0 Å². The Hall–Kier alpha value is -1.56. The van der Waals surface area contributed by atoms with Gasteiger partial charge >= 0.3 is 7.12 Å². The minimum Gasteiger partial charge on any atom is -0.489 e. The molecule has 0 aliphatic rings. The first-order valence-corrected chi connectivity index (χ1v) is 5.98. The van der Waals surface area contributed by atoms with Crippen molar-refractivity contribution >= 4 is 24.2 Å². The molecule has 2 aromatic rings. The van der Waals surface area contributed by atoms with Crippen molar-refractivity contribution < 1.29 is 19.2 Å². The molecule has 0 aromatic heterocycles. The highest BCUT2D eigenvalue weighted by atomic mass is 35.5. The molecule has 0 fully saturated rings. The van der Waals surface area contributed by atoms with Crippen LogP contribution in [0, 0.1) is 5.82 Å². The molecule has 0 bridgehead atoms. The van der Waals surface area contributed by atoms with Gasteiger partial charge in [0, 0.05) is 11.0 Å². The summed E-state index contributed by atoms with van der Waals surface area (Å²) in [5, 5.41) is 18.4. The topological polar surface area (TPSA) is 49.7 Å². The Labute approximate surface area is 115 Å². The molecule has 0 heterocycles. The standard InChI is InChI=1S/C13H11BClFO3/c15-11-6-3-4-9(13(11)16)8-19-12-7-2-1-5-10(12)14(17)18/h1-7,17-18H,8H2. The second kappa shape index (κ2) is 6.06. The third-order valence-corrected chi connectivity index (χ3v) is 2.90. The molecule has 19 heavy (non-hydrogen) atoms. The average molecular weight is 280 g/mol. The SMILES string of the molecule is OB(O)c1ccccc1OCc1cccc(Cl)c1F. The molecule has 0 spiro atoms. The minimum absolute atomic E-state index is 0.0246. The lowest BCUT2D eigenvalue weighted by Crippen LogP contribution is -2.31. The summed E-state index contributed by atoms with van der Waals surface area (Å²) in [7, 11) is -1.64. The van der Waals surface area contributed by atoms with Gasteiger partial charge in [-0.3, -0.25) is 0 Å². The van der Waals surface area contributed by atoms with Crippen LogP contribution >= 0.6 is 11.6 Å². The van der Waals surface area contributed by atoms with Gasteiger partial charge in [0.25, 0.3) is 0 Å².